The van der Waals surface area contributed by atoms with E-state index in [-0.39, 0.29) is 24.0 Å². The Labute approximate surface area is 172 Å². The van der Waals surface area contributed by atoms with Crippen LogP contribution in [0.2, 0.25) is 0 Å². The molecule has 1 N–H and O–H groups in total. The summed E-state index contributed by atoms with van der Waals surface area (Å²) in [6.45, 7) is 0.267. The Kier molecular flexibility index (Phi) is 5.57. The highest BCUT2D eigenvalue weighted by molar-refractivity contribution is 5.61. The fraction of sp³-hybridized carbons (Fsp3) is 0.0417. The predicted molar refractivity (Wildman–Crippen MR) is 109 cm³/mol. The maximum absolute atomic E-state index is 14.5. The lowest BCUT2D eigenvalue weighted by Crippen LogP contribution is -1.97. The van der Waals surface area contributed by atoms with Crippen molar-refractivity contribution in [2.24, 2.45) is 0 Å². The van der Waals surface area contributed by atoms with E-state index in [2.05, 4.69) is 4.98 Å². The second-order valence-corrected chi connectivity index (χ2v) is 6.50. The molecule has 0 bridgehead atoms. The molecule has 0 radical (unpaired) electrons. The van der Waals surface area contributed by atoms with Crippen LogP contribution in [0, 0.1) is 11.6 Å². The summed E-state index contributed by atoms with van der Waals surface area (Å²) in [5.74, 6) is -1.15. The standard InChI is InChI=1S/C24H17F2NO3/c25-19-11-10-18(14-22(19)28)30-24-8-4-7-21(27-24)17-9-12-23(20(26)13-17)29-15-16-5-2-1-3-6-16/h1-14,28H,15H2. The fourth-order valence-corrected chi connectivity index (χ4v) is 2.82. The van der Waals surface area contributed by atoms with E-state index in [1.54, 1.807) is 30.3 Å². The highest BCUT2D eigenvalue weighted by Crippen LogP contribution is 2.29. The summed E-state index contributed by atoms with van der Waals surface area (Å²) in [4.78, 5) is 4.35. The average molecular weight is 405 g/mol. The lowest BCUT2D eigenvalue weighted by atomic mass is 10.1. The van der Waals surface area contributed by atoms with Gasteiger partial charge >= 0.3 is 0 Å². The summed E-state index contributed by atoms with van der Waals surface area (Å²) in [7, 11) is 0. The Hall–Kier alpha value is -3.93. The number of nitrogens with zero attached hydrogens (tertiary/aromatic N) is 1. The van der Waals surface area contributed by atoms with Crippen LogP contribution in [-0.2, 0) is 6.61 Å². The molecule has 3 aromatic carbocycles. The average Bonchev–Trinajstić information content (AvgIpc) is 2.76. The summed E-state index contributed by atoms with van der Waals surface area (Å²) in [5.41, 5.74) is 1.98. The fourth-order valence-electron chi connectivity index (χ4n) is 2.82. The third-order valence-electron chi connectivity index (χ3n) is 4.33. The molecular weight excluding hydrogens is 388 g/mol. The van der Waals surface area contributed by atoms with Crippen LogP contribution in [0.1, 0.15) is 5.56 Å². The minimum atomic E-state index is -0.742. The first-order valence-corrected chi connectivity index (χ1v) is 9.18. The Morgan fingerprint density at radius 3 is 2.40 bits per heavy atom. The van der Waals surface area contributed by atoms with E-state index < -0.39 is 17.4 Å². The summed E-state index contributed by atoms with van der Waals surface area (Å²) in [6.07, 6.45) is 0. The molecule has 0 saturated carbocycles. The highest BCUT2D eigenvalue weighted by Gasteiger charge is 2.10. The second kappa shape index (κ2) is 8.61. The monoisotopic (exact) mass is 405 g/mol. The van der Waals surface area contributed by atoms with Crippen molar-refractivity contribution in [1.82, 2.24) is 4.98 Å². The van der Waals surface area contributed by atoms with Crippen LogP contribution < -0.4 is 9.47 Å². The van der Waals surface area contributed by atoms with Crippen LogP contribution in [-0.4, -0.2) is 10.1 Å². The maximum atomic E-state index is 14.5. The number of halogens is 2. The van der Waals surface area contributed by atoms with E-state index in [4.69, 9.17) is 9.47 Å². The molecule has 0 aliphatic carbocycles. The SMILES string of the molecule is Oc1cc(Oc2cccc(-c3ccc(OCc4ccccc4)c(F)c3)n2)ccc1F. The highest BCUT2D eigenvalue weighted by atomic mass is 19.1. The van der Waals surface area contributed by atoms with Gasteiger partial charge in [-0.3, -0.25) is 0 Å². The number of aromatic hydroxyl groups is 1. The van der Waals surface area contributed by atoms with Gasteiger partial charge in [0.2, 0.25) is 5.88 Å². The molecule has 0 aliphatic heterocycles. The van der Waals surface area contributed by atoms with Crippen LogP contribution >= 0.6 is 0 Å². The van der Waals surface area contributed by atoms with Crippen LogP contribution in [0.3, 0.4) is 0 Å². The van der Waals surface area contributed by atoms with Gasteiger partial charge in [0.25, 0.3) is 0 Å². The summed E-state index contributed by atoms with van der Waals surface area (Å²) >= 11 is 0. The number of phenolic OH excluding ortho intramolecular Hbond substituents is 1. The number of hydrogen-bond acceptors (Lipinski definition) is 4. The van der Waals surface area contributed by atoms with Gasteiger partial charge in [-0.2, -0.15) is 0 Å². The Morgan fingerprint density at radius 2 is 1.63 bits per heavy atom. The van der Waals surface area contributed by atoms with E-state index in [0.717, 1.165) is 17.7 Å². The molecular formula is C24H17F2NO3. The van der Waals surface area contributed by atoms with Crippen molar-refractivity contribution in [3.63, 3.8) is 0 Å². The molecule has 1 aromatic heterocycles. The quantitative estimate of drug-likeness (QED) is 0.421. The number of ether oxygens (including phenoxy) is 2. The molecule has 0 fully saturated rings. The molecule has 0 unspecified atom stereocenters. The molecule has 4 rings (SSSR count). The van der Waals surface area contributed by atoms with Crippen LogP contribution in [0.25, 0.3) is 11.3 Å². The van der Waals surface area contributed by atoms with Crippen molar-refractivity contribution < 1.29 is 23.4 Å². The molecule has 0 amide bonds. The first kappa shape index (κ1) is 19.4. The van der Waals surface area contributed by atoms with Gasteiger partial charge in [0.1, 0.15) is 12.4 Å². The van der Waals surface area contributed by atoms with Gasteiger partial charge in [0.05, 0.1) is 5.69 Å². The Bertz CT molecular complexity index is 1170. The third-order valence-corrected chi connectivity index (χ3v) is 4.33. The van der Waals surface area contributed by atoms with Crippen LogP contribution in [0.5, 0.6) is 23.1 Å². The molecule has 0 saturated heterocycles. The number of benzene rings is 3. The van der Waals surface area contributed by atoms with Crippen molar-refractivity contribution in [1.29, 1.82) is 0 Å². The molecule has 30 heavy (non-hydrogen) atoms. The summed E-state index contributed by atoms with van der Waals surface area (Å²) in [5, 5.41) is 9.45. The van der Waals surface area contributed by atoms with Gasteiger partial charge in [-0.25, -0.2) is 13.8 Å². The largest absolute Gasteiger partial charge is 0.505 e. The molecule has 0 atom stereocenters. The van der Waals surface area contributed by atoms with Gasteiger partial charge < -0.3 is 14.6 Å². The molecule has 6 heteroatoms. The zero-order valence-electron chi connectivity index (χ0n) is 15.8. The minimum absolute atomic E-state index is 0.150. The van der Waals surface area contributed by atoms with Gasteiger partial charge in [-0.1, -0.05) is 36.4 Å². The third kappa shape index (κ3) is 4.55. The van der Waals surface area contributed by atoms with Gasteiger partial charge in [0.15, 0.2) is 23.1 Å². The first-order chi connectivity index (χ1) is 14.6. The van der Waals surface area contributed by atoms with Crippen LogP contribution in [0.4, 0.5) is 8.78 Å². The second-order valence-electron chi connectivity index (χ2n) is 6.50. The molecule has 4 aromatic rings. The first-order valence-electron chi connectivity index (χ1n) is 9.18. The number of phenols is 1. The molecule has 1 heterocycles. The minimum Gasteiger partial charge on any atom is -0.505 e. The van der Waals surface area contributed by atoms with E-state index in [9.17, 15) is 13.9 Å². The number of hydrogen-bond donors (Lipinski definition) is 1. The zero-order chi connectivity index (χ0) is 20.9. The van der Waals surface area contributed by atoms with E-state index in [0.29, 0.717) is 11.3 Å². The van der Waals surface area contributed by atoms with Gasteiger partial charge in [0, 0.05) is 17.7 Å². The van der Waals surface area contributed by atoms with E-state index in [1.165, 1.54) is 12.1 Å². The lowest BCUT2D eigenvalue weighted by molar-refractivity contribution is 0.290. The summed E-state index contributed by atoms with van der Waals surface area (Å²) < 4.78 is 38.8. The normalized spacial score (nSPS) is 10.6. The van der Waals surface area contributed by atoms with E-state index >= 15 is 0 Å². The summed E-state index contributed by atoms with van der Waals surface area (Å²) in [6, 6.07) is 22.8. The predicted octanol–water partition coefficient (Wildman–Crippen LogP) is 6.10. The van der Waals surface area contributed by atoms with Crippen molar-refractivity contribution in [2.45, 2.75) is 6.61 Å². The topological polar surface area (TPSA) is 51.6 Å². The van der Waals surface area contributed by atoms with Gasteiger partial charge in [-0.05, 0) is 42.0 Å². The molecule has 0 aliphatic rings. The lowest BCUT2D eigenvalue weighted by Gasteiger charge is -2.10. The Balaban J connectivity index is 1.50. The number of rotatable bonds is 6. The molecule has 4 nitrogen and oxygen atoms in total. The van der Waals surface area contributed by atoms with Crippen molar-refractivity contribution in [2.75, 3.05) is 0 Å². The van der Waals surface area contributed by atoms with Crippen LogP contribution in [0.15, 0.2) is 84.9 Å². The molecule has 150 valence electrons. The van der Waals surface area contributed by atoms with Crippen molar-refractivity contribution >= 4 is 0 Å². The van der Waals surface area contributed by atoms with Crippen molar-refractivity contribution in [3.8, 4) is 34.4 Å². The molecule has 0 spiro atoms. The number of aromatic nitrogens is 1. The smallest absolute Gasteiger partial charge is 0.219 e. The maximum Gasteiger partial charge on any atom is 0.219 e. The van der Waals surface area contributed by atoms with E-state index in [1.807, 2.05) is 30.3 Å². The zero-order valence-corrected chi connectivity index (χ0v) is 15.8. The van der Waals surface area contributed by atoms with Crippen molar-refractivity contribution in [3.05, 3.63) is 102 Å². The van der Waals surface area contributed by atoms with Gasteiger partial charge in [-0.15, -0.1) is 0 Å². The number of pyridine rings is 1. The Morgan fingerprint density at radius 1 is 0.800 bits per heavy atom.